The van der Waals surface area contributed by atoms with Gasteiger partial charge in [0, 0.05) is 17.6 Å². The van der Waals surface area contributed by atoms with E-state index in [0.29, 0.717) is 5.56 Å². The van der Waals surface area contributed by atoms with Crippen LogP contribution in [0, 0.1) is 11.3 Å². The fraction of sp³-hybridized carbons (Fsp3) is 0.188. The van der Waals surface area contributed by atoms with Gasteiger partial charge in [-0.25, -0.2) is 0 Å². The van der Waals surface area contributed by atoms with Gasteiger partial charge in [0.25, 0.3) is 0 Å². The number of hydrogen-bond donors (Lipinski definition) is 1. The second-order valence-electron chi connectivity index (χ2n) is 4.47. The summed E-state index contributed by atoms with van der Waals surface area (Å²) in [5, 5.41) is 13.0. The van der Waals surface area contributed by atoms with E-state index in [1.807, 2.05) is 42.5 Å². The van der Waals surface area contributed by atoms with Crippen molar-refractivity contribution in [1.29, 1.82) is 5.26 Å². The molecular formula is C16H15ClN2. The average Bonchev–Trinajstić information content (AvgIpc) is 2.45. The molecule has 3 heteroatoms. The molecule has 2 nitrogen and oxygen atoms in total. The first-order valence-electron chi connectivity index (χ1n) is 6.17. The van der Waals surface area contributed by atoms with Gasteiger partial charge in [-0.3, -0.25) is 0 Å². The third-order valence-electron chi connectivity index (χ3n) is 3.02. The minimum absolute atomic E-state index is 0.212. The standard InChI is InChI=1S/C16H15ClN2/c1-12(15-6-3-7-16(17)9-15)19-11-14-5-2-4-13(8-14)10-18/h2-9,12,19H,11H2,1H3/t12-/m0/s1. The fourth-order valence-corrected chi connectivity index (χ4v) is 2.11. The first-order chi connectivity index (χ1) is 9.19. The Kier molecular flexibility index (Phi) is 4.57. The Morgan fingerprint density at radius 3 is 2.74 bits per heavy atom. The molecule has 0 aliphatic carbocycles. The van der Waals surface area contributed by atoms with Crippen LogP contribution < -0.4 is 5.32 Å². The number of nitrogens with zero attached hydrogens (tertiary/aromatic N) is 1. The first kappa shape index (κ1) is 13.6. The number of rotatable bonds is 4. The van der Waals surface area contributed by atoms with Gasteiger partial charge in [0.2, 0.25) is 0 Å². The molecule has 0 aromatic heterocycles. The Hall–Kier alpha value is -1.82. The van der Waals surface area contributed by atoms with Crippen LogP contribution in [-0.4, -0.2) is 0 Å². The van der Waals surface area contributed by atoms with Gasteiger partial charge < -0.3 is 5.32 Å². The van der Waals surface area contributed by atoms with Gasteiger partial charge in [-0.2, -0.15) is 5.26 Å². The topological polar surface area (TPSA) is 35.8 Å². The van der Waals surface area contributed by atoms with Gasteiger partial charge in [-0.05, 0) is 42.3 Å². The Balaban J connectivity index is 2.00. The van der Waals surface area contributed by atoms with E-state index >= 15 is 0 Å². The minimum atomic E-state index is 0.212. The minimum Gasteiger partial charge on any atom is -0.306 e. The smallest absolute Gasteiger partial charge is 0.0991 e. The van der Waals surface area contributed by atoms with E-state index in [0.717, 1.165) is 22.7 Å². The molecule has 2 aromatic rings. The lowest BCUT2D eigenvalue weighted by Crippen LogP contribution is -2.18. The summed E-state index contributed by atoms with van der Waals surface area (Å²) in [5.74, 6) is 0. The van der Waals surface area contributed by atoms with Crippen LogP contribution in [0.2, 0.25) is 5.02 Å². The van der Waals surface area contributed by atoms with E-state index in [1.165, 1.54) is 0 Å². The second kappa shape index (κ2) is 6.38. The summed E-state index contributed by atoms with van der Waals surface area (Å²) in [6.07, 6.45) is 0. The summed E-state index contributed by atoms with van der Waals surface area (Å²) in [5.41, 5.74) is 2.95. The molecule has 1 atom stereocenters. The quantitative estimate of drug-likeness (QED) is 0.909. The number of nitriles is 1. The predicted molar refractivity (Wildman–Crippen MR) is 77.9 cm³/mol. The molecule has 19 heavy (non-hydrogen) atoms. The van der Waals surface area contributed by atoms with Crippen LogP contribution in [-0.2, 0) is 6.54 Å². The van der Waals surface area contributed by atoms with Crippen molar-refractivity contribution in [3.05, 3.63) is 70.2 Å². The predicted octanol–water partition coefficient (Wildman–Crippen LogP) is 4.06. The van der Waals surface area contributed by atoms with Gasteiger partial charge in [-0.15, -0.1) is 0 Å². The van der Waals surface area contributed by atoms with Crippen LogP contribution in [0.4, 0.5) is 0 Å². The molecule has 2 aromatic carbocycles. The molecule has 0 fully saturated rings. The van der Waals surface area contributed by atoms with E-state index in [9.17, 15) is 0 Å². The molecule has 0 aliphatic heterocycles. The van der Waals surface area contributed by atoms with E-state index in [2.05, 4.69) is 24.4 Å². The van der Waals surface area contributed by atoms with Crippen LogP contribution in [0.25, 0.3) is 0 Å². The Labute approximate surface area is 118 Å². The molecule has 0 unspecified atom stereocenters. The highest BCUT2D eigenvalue weighted by atomic mass is 35.5. The molecule has 0 amide bonds. The van der Waals surface area contributed by atoms with Gasteiger partial charge in [-0.1, -0.05) is 35.9 Å². The fourth-order valence-electron chi connectivity index (χ4n) is 1.92. The molecule has 96 valence electrons. The van der Waals surface area contributed by atoms with E-state index in [-0.39, 0.29) is 6.04 Å². The van der Waals surface area contributed by atoms with E-state index < -0.39 is 0 Å². The third-order valence-corrected chi connectivity index (χ3v) is 3.25. The molecule has 0 saturated heterocycles. The maximum absolute atomic E-state index is 8.86. The normalized spacial score (nSPS) is 11.8. The van der Waals surface area contributed by atoms with Crippen molar-refractivity contribution < 1.29 is 0 Å². The van der Waals surface area contributed by atoms with Crippen molar-refractivity contribution in [2.75, 3.05) is 0 Å². The number of hydrogen-bond acceptors (Lipinski definition) is 2. The molecule has 0 spiro atoms. The summed E-state index contributed by atoms with van der Waals surface area (Å²) in [6.45, 7) is 2.82. The monoisotopic (exact) mass is 270 g/mol. The lowest BCUT2D eigenvalue weighted by atomic mass is 10.1. The first-order valence-corrected chi connectivity index (χ1v) is 6.55. The zero-order valence-electron chi connectivity index (χ0n) is 10.7. The highest BCUT2D eigenvalue weighted by molar-refractivity contribution is 6.30. The Morgan fingerprint density at radius 1 is 1.21 bits per heavy atom. The maximum Gasteiger partial charge on any atom is 0.0991 e. The maximum atomic E-state index is 8.86. The summed E-state index contributed by atoms with van der Waals surface area (Å²) in [6, 6.07) is 17.8. The zero-order chi connectivity index (χ0) is 13.7. The molecule has 1 N–H and O–H groups in total. The molecule has 0 heterocycles. The third kappa shape index (κ3) is 3.82. The van der Waals surface area contributed by atoms with Crippen molar-refractivity contribution in [1.82, 2.24) is 5.32 Å². The van der Waals surface area contributed by atoms with Crippen LogP contribution in [0.15, 0.2) is 48.5 Å². The summed E-state index contributed by atoms with van der Waals surface area (Å²) < 4.78 is 0. The summed E-state index contributed by atoms with van der Waals surface area (Å²) in [4.78, 5) is 0. The van der Waals surface area contributed by atoms with E-state index in [4.69, 9.17) is 16.9 Å². The van der Waals surface area contributed by atoms with Gasteiger partial charge >= 0.3 is 0 Å². The van der Waals surface area contributed by atoms with Crippen molar-refractivity contribution in [3.8, 4) is 6.07 Å². The largest absolute Gasteiger partial charge is 0.306 e. The molecular weight excluding hydrogens is 256 g/mol. The molecule has 2 rings (SSSR count). The van der Waals surface area contributed by atoms with Crippen molar-refractivity contribution in [2.24, 2.45) is 0 Å². The van der Waals surface area contributed by atoms with Gasteiger partial charge in [0.1, 0.15) is 0 Å². The van der Waals surface area contributed by atoms with Crippen LogP contribution in [0.1, 0.15) is 29.7 Å². The molecule has 0 aliphatic rings. The van der Waals surface area contributed by atoms with Crippen LogP contribution in [0.3, 0.4) is 0 Å². The zero-order valence-corrected chi connectivity index (χ0v) is 11.5. The van der Waals surface area contributed by atoms with E-state index in [1.54, 1.807) is 0 Å². The van der Waals surface area contributed by atoms with Gasteiger partial charge in [0.15, 0.2) is 0 Å². The molecule has 0 bridgehead atoms. The highest BCUT2D eigenvalue weighted by Gasteiger charge is 2.05. The Bertz CT molecular complexity index is 602. The van der Waals surface area contributed by atoms with Crippen molar-refractivity contribution >= 4 is 11.6 Å². The van der Waals surface area contributed by atoms with Crippen LogP contribution >= 0.6 is 11.6 Å². The van der Waals surface area contributed by atoms with Crippen molar-refractivity contribution in [2.45, 2.75) is 19.5 Å². The van der Waals surface area contributed by atoms with Crippen molar-refractivity contribution in [3.63, 3.8) is 0 Å². The lowest BCUT2D eigenvalue weighted by Gasteiger charge is -2.14. The second-order valence-corrected chi connectivity index (χ2v) is 4.91. The highest BCUT2D eigenvalue weighted by Crippen LogP contribution is 2.17. The lowest BCUT2D eigenvalue weighted by molar-refractivity contribution is 0.574. The number of nitrogens with one attached hydrogen (secondary N) is 1. The summed E-state index contributed by atoms with van der Waals surface area (Å²) in [7, 11) is 0. The van der Waals surface area contributed by atoms with Crippen LogP contribution in [0.5, 0.6) is 0 Å². The summed E-state index contributed by atoms with van der Waals surface area (Å²) >= 11 is 5.98. The number of halogens is 1. The SMILES string of the molecule is C[C@H](NCc1cccc(C#N)c1)c1cccc(Cl)c1. The average molecular weight is 271 g/mol. The van der Waals surface area contributed by atoms with Gasteiger partial charge in [0.05, 0.1) is 11.6 Å². The molecule has 0 saturated carbocycles. The molecule has 0 radical (unpaired) electrons. The Morgan fingerprint density at radius 2 is 2.00 bits per heavy atom. The number of benzene rings is 2.